The van der Waals surface area contributed by atoms with Crippen LogP contribution < -0.4 is 5.32 Å². The number of nitrogens with one attached hydrogen (secondary N) is 1. The van der Waals surface area contributed by atoms with Gasteiger partial charge in [-0.05, 0) is 36.2 Å². The van der Waals surface area contributed by atoms with Gasteiger partial charge in [0, 0.05) is 22.3 Å². The maximum absolute atomic E-state index is 11.4. The Morgan fingerprint density at radius 3 is 2.73 bits per heavy atom. The minimum absolute atomic E-state index is 0.288. The van der Waals surface area contributed by atoms with E-state index in [1.807, 2.05) is 54.6 Å². The number of rotatable bonds is 5. The molecule has 4 heteroatoms. The number of pyridine rings is 1. The van der Waals surface area contributed by atoms with Gasteiger partial charge in [0.15, 0.2) is 0 Å². The first-order chi connectivity index (χ1) is 10.8. The molecule has 0 saturated heterocycles. The Balaban J connectivity index is 1.86. The first-order valence-corrected chi connectivity index (χ1v) is 7.44. The Morgan fingerprint density at radius 2 is 1.95 bits per heavy atom. The molecule has 1 atom stereocenters. The third-order valence-electron chi connectivity index (χ3n) is 3.51. The summed E-state index contributed by atoms with van der Waals surface area (Å²) in [6.07, 6.45) is 3.29. The van der Waals surface area contributed by atoms with Gasteiger partial charge in [-0.2, -0.15) is 0 Å². The van der Waals surface area contributed by atoms with Crippen LogP contribution in [0.1, 0.15) is 5.56 Å². The zero-order valence-corrected chi connectivity index (χ0v) is 12.6. The SMILES string of the molecule is O=CC(Cc1ccccc1)Nc1ccnc2cc(Cl)ccc12. The summed E-state index contributed by atoms with van der Waals surface area (Å²) >= 11 is 5.99. The van der Waals surface area contributed by atoms with E-state index >= 15 is 0 Å². The first-order valence-electron chi connectivity index (χ1n) is 7.06. The van der Waals surface area contributed by atoms with Crippen molar-refractivity contribution in [3.63, 3.8) is 0 Å². The number of carbonyl (C=O) groups is 1. The van der Waals surface area contributed by atoms with Crippen LogP contribution in [0.3, 0.4) is 0 Å². The number of nitrogens with zero attached hydrogens (tertiary/aromatic N) is 1. The van der Waals surface area contributed by atoms with Crippen molar-refractivity contribution in [2.24, 2.45) is 0 Å². The highest BCUT2D eigenvalue weighted by atomic mass is 35.5. The number of anilines is 1. The summed E-state index contributed by atoms with van der Waals surface area (Å²) in [7, 11) is 0. The number of hydrogen-bond acceptors (Lipinski definition) is 3. The number of benzene rings is 2. The fourth-order valence-corrected chi connectivity index (χ4v) is 2.61. The van der Waals surface area contributed by atoms with Gasteiger partial charge in [-0.1, -0.05) is 41.9 Å². The molecule has 0 spiro atoms. The highest BCUT2D eigenvalue weighted by Crippen LogP contribution is 2.25. The van der Waals surface area contributed by atoms with Crippen LogP contribution in [-0.2, 0) is 11.2 Å². The zero-order valence-electron chi connectivity index (χ0n) is 11.9. The maximum Gasteiger partial charge on any atom is 0.142 e. The Bertz CT molecular complexity index is 789. The van der Waals surface area contributed by atoms with Crippen molar-refractivity contribution < 1.29 is 4.79 Å². The lowest BCUT2D eigenvalue weighted by atomic mass is 10.1. The lowest BCUT2D eigenvalue weighted by molar-refractivity contribution is -0.108. The van der Waals surface area contributed by atoms with Crippen LogP contribution in [0.25, 0.3) is 10.9 Å². The molecule has 3 rings (SSSR count). The molecule has 0 amide bonds. The molecule has 2 aromatic carbocycles. The summed E-state index contributed by atoms with van der Waals surface area (Å²) in [6, 6.07) is 17.1. The van der Waals surface area contributed by atoms with Crippen molar-refractivity contribution >= 4 is 34.5 Å². The van der Waals surface area contributed by atoms with Crippen LogP contribution in [0.4, 0.5) is 5.69 Å². The topological polar surface area (TPSA) is 42.0 Å². The molecule has 0 aliphatic heterocycles. The Kier molecular flexibility index (Phi) is 4.35. The molecule has 22 heavy (non-hydrogen) atoms. The largest absolute Gasteiger partial charge is 0.375 e. The molecule has 0 radical (unpaired) electrons. The van der Waals surface area contributed by atoms with Crippen molar-refractivity contribution in [2.45, 2.75) is 12.5 Å². The second kappa shape index (κ2) is 6.58. The van der Waals surface area contributed by atoms with Crippen molar-refractivity contribution in [3.8, 4) is 0 Å². The van der Waals surface area contributed by atoms with E-state index in [2.05, 4.69) is 10.3 Å². The molecule has 1 heterocycles. The number of fused-ring (bicyclic) bond motifs is 1. The molecule has 110 valence electrons. The molecule has 0 bridgehead atoms. The molecule has 0 fully saturated rings. The number of halogens is 1. The van der Waals surface area contributed by atoms with Gasteiger partial charge in [0.05, 0.1) is 11.6 Å². The average molecular weight is 311 g/mol. The molecular weight excluding hydrogens is 296 g/mol. The van der Waals surface area contributed by atoms with Crippen LogP contribution in [-0.4, -0.2) is 17.3 Å². The highest BCUT2D eigenvalue weighted by Gasteiger charge is 2.10. The third-order valence-corrected chi connectivity index (χ3v) is 3.74. The minimum Gasteiger partial charge on any atom is -0.375 e. The fourth-order valence-electron chi connectivity index (χ4n) is 2.45. The Hall–Kier alpha value is -2.39. The van der Waals surface area contributed by atoms with Crippen LogP contribution in [0, 0.1) is 0 Å². The van der Waals surface area contributed by atoms with Crippen LogP contribution in [0.15, 0.2) is 60.8 Å². The zero-order chi connectivity index (χ0) is 15.4. The standard InChI is InChI=1S/C18H15ClN2O/c19-14-6-7-16-17(8-9-20-18(16)11-14)21-15(12-22)10-13-4-2-1-3-5-13/h1-9,11-12,15H,10H2,(H,20,21). The monoisotopic (exact) mass is 310 g/mol. The second-order valence-electron chi connectivity index (χ2n) is 5.10. The molecule has 1 N–H and O–H groups in total. The molecule has 3 aromatic rings. The summed E-state index contributed by atoms with van der Waals surface area (Å²) in [5.41, 5.74) is 2.81. The molecule has 0 aliphatic rings. The molecule has 1 aromatic heterocycles. The van der Waals surface area contributed by atoms with E-state index in [-0.39, 0.29) is 6.04 Å². The summed E-state index contributed by atoms with van der Waals surface area (Å²) in [5, 5.41) is 4.89. The van der Waals surface area contributed by atoms with E-state index in [0.29, 0.717) is 11.4 Å². The van der Waals surface area contributed by atoms with Gasteiger partial charge in [0.2, 0.25) is 0 Å². The van der Waals surface area contributed by atoms with Crippen LogP contribution in [0.2, 0.25) is 5.02 Å². The molecular formula is C18H15ClN2O. The minimum atomic E-state index is -0.288. The number of hydrogen-bond donors (Lipinski definition) is 1. The van der Waals surface area contributed by atoms with Gasteiger partial charge in [-0.25, -0.2) is 0 Å². The molecule has 3 nitrogen and oxygen atoms in total. The van der Waals surface area contributed by atoms with Gasteiger partial charge in [-0.3, -0.25) is 4.98 Å². The van der Waals surface area contributed by atoms with Crippen molar-refractivity contribution in [3.05, 3.63) is 71.4 Å². The van der Waals surface area contributed by atoms with Gasteiger partial charge >= 0.3 is 0 Å². The van der Waals surface area contributed by atoms with E-state index in [0.717, 1.165) is 28.4 Å². The number of aromatic nitrogens is 1. The van der Waals surface area contributed by atoms with E-state index in [9.17, 15) is 4.79 Å². The van der Waals surface area contributed by atoms with Crippen molar-refractivity contribution in [1.29, 1.82) is 0 Å². The summed E-state index contributed by atoms with van der Waals surface area (Å²) in [5.74, 6) is 0. The first kappa shape index (κ1) is 14.5. The number of carbonyl (C=O) groups excluding carboxylic acids is 1. The lowest BCUT2D eigenvalue weighted by Crippen LogP contribution is -2.23. The highest BCUT2D eigenvalue weighted by molar-refractivity contribution is 6.31. The van der Waals surface area contributed by atoms with Gasteiger partial charge < -0.3 is 10.1 Å². The second-order valence-corrected chi connectivity index (χ2v) is 5.53. The maximum atomic E-state index is 11.4. The van der Waals surface area contributed by atoms with Crippen LogP contribution in [0.5, 0.6) is 0 Å². The van der Waals surface area contributed by atoms with Crippen molar-refractivity contribution in [2.75, 3.05) is 5.32 Å². The van der Waals surface area contributed by atoms with E-state index in [4.69, 9.17) is 11.6 Å². The van der Waals surface area contributed by atoms with Gasteiger partial charge in [0.25, 0.3) is 0 Å². The van der Waals surface area contributed by atoms with E-state index in [1.54, 1.807) is 6.20 Å². The Labute approximate surface area is 133 Å². The molecule has 0 aliphatic carbocycles. The number of aldehydes is 1. The van der Waals surface area contributed by atoms with E-state index < -0.39 is 0 Å². The quantitative estimate of drug-likeness (QED) is 0.721. The summed E-state index contributed by atoms with van der Waals surface area (Å²) in [4.78, 5) is 15.7. The normalized spacial score (nSPS) is 12.0. The van der Waals surface area contributed by atoms with Crippen LogP contribution >= 0.6 is 11.6 Å². The third kappa shape index (κ3) is 3.26. The van der Waals surface area contributed by atoms with E-state index in [1.165, 1.54) is 0 Å². The molecule has 1 unspecified atom stereocenters. The summed E-state index contributed by atoms with van der Waals surface area (Å²) in [6.45, 7) is 0. The van der Waals surface area contributed by atoms with Crippen molar-refractivity contribution in [1.82, 2.24) is 4.98 Å². The fraction of sp³-hybridized carbons (Fsp3) is 0.111. The predicted octanol–water partition coefficient (Wildman–Crippen LogP) is 4.11. The Morgan fingerprint density at radius 1 is 1.14 bits per heavy atom. The average Bonchev–Trinajstić information content (AvgIpc) is 2.55. The lowest BCUT2D eigenvalue weighted by Gasteiger charge is -2.16. The van der Waals surface area contributed by atoms with Gasteiger partial charge in [0.1, 0.15) is 6.29 Å². The molecule has 0 saturated carbocycles. The smallest absolute Gasteiger partial charge is 0.142 e. The summed E-state index contributed by atoms with van der Waals surface area (Å²) < 4.78 is 0. The van der Waals surface area contributed by atoms with Gasteiger partial charge in [-0.15, -0.1) is 0 Å². The predicted molar refractivity (Wildman–Crippen MR) is 90.4 cm³/mol.